The van der Waals surface area contributed by atoms with Gasteiger partial charge in [0.25, 0.3) is 0 Å². The number of aliphatic imine (C=N–C) groups is 1. The van der Waals surface area contributed by atoms with E-state index in [1.807, 2.05) is 18.2 Å². The highest BCUT2D eigenvalue weighted by atomic mass is 16.5. The Balaban J connectivity index is 1.10. The van der Waals surface area contributed by atoms with Gasteiger partial charge in [0.05, 0.1) is 25.4 Å². The molecule has 0 radical (unpaired) electrons. The number of nitrogens with zero attached hydrogens (tertiary/aromatic N) is 1. The smallest absolute Gasteiger partial charge is 0.193 e. The minimum Gasteiger partial charge on any atom is -0.490 e. The van der Waals surface area contributed by atoms with Crippen LogP contribution in [0.4, 0.5) is 5.69 Å². The number of hydrogen-bond acceptors (Lipinski definition) is 4. The Hall–Kier alpha value is -1.95. The number of anilines is 1. The lowest BCUT2D eigenvalue weighted by Gasteiger charge is -2.51. The maximum absolute atomic E-state index is 11.6. The Labute approximate surface area is 164 Å². The van der Waals surface area contributed by atoms with E-state index in [0.29, 0.717) is 37.6 Å². The van der Waals surface area contributed by atoms with Crippen LogP contribution >= 0.6 is 0 Å². The molecule has 6 aliphatic rings. The summed E-state index contributed by atoms with van der Waals surface area (Å²) in [7, 11) is 0. The summed E-state index contributed by atoms with van der Waals surface area (Å²) in [4.78, 5) is 4.61. The molecule has 9 unspecified atom stereocenters. The number of guanidine groups is 1. The number of aliphatic hydroxyl groups is 1. The fourth-order valence-electron chi connectivity index (χ4n) is 8.58. The molecule has 6 nitrogen and oxygen atoms in total. The van der Waals surface area contributed by atoms with E-state index in [1.54, 1.807) is 0 Å². The predicted octanol–water partition coefficient (Wildman–Crippen LogP) is 2.08. The molecule has 1 heterocycles. The number of ether oxygens (including phenoxy) is 2. The second kappa shape index (κ2) is 5.15. The maximum atomic E-state index is 11.6. The van der Waals surface area contributed by atoms with Crippen LogP contribution in [-0.4, -0.2) is 36.4 Å². The van der Waals surface area contributed by atoms with E-state index in [9.17, 15) is 5.11 Å². The molecule has 7 rings (SSSR count). The van der Waals surface area contributed by atoms with E-state index in [4.69, 9.17) is 15.2 Å². The van der Waals surface area contributed by atoms with Crippen molar-refractivity contribution in [2.45, 2.75) is 24.9 Å². The molecule has 6 heteroatoms. The quantitative estimate of drug-likeness (QED) is 0.551. The van der Waals surface area contributed by atoms with Gasteiger partial charge in [-0.3, -0.25) is 4.99 Å². The van der Waals surface area contributed by atoms with Crippen LogP contribution in [0.3, 0.4) is 0 Å². The number of hydrogen-bond donors (Lipinski definition) is 3. The molecule has 2 bridgehead atoms. The monoisotopic (exact) mass is 381 g/mol. The van der Waals surface area contributed by atoms with Crippen molar-refractivity contribution in [2.75, 3.05) is 25.1 Å². The summed E-state index contributed by atoms with van der Waals surface area (Å²) in [6.45, 7) is 1.77. The first-order valence-corrected chi connectivity index (χ1v) is 10.8. The summed E-state index contributed by atoms with van der Waals surface area (Å²) in [6.07, 6.45) is 3.62. The van der Waals surface area contributed by atoms with Crippen LogP contribution in [0.1, 0.15) is 19.3 Å². The Morgan fingerprint density at radius 2 is 1.86 bits per heavy atom. The van der Waals surface area contributed by atoms with Gasteiger partial charge in [-0.1, -0.05) is 0 Å². The third-order valence-electron chi connectivity index (χ3n) is 9.04. The van der Waals surface area contributed by atoms with Gasteiger partial charge in [-0.25, -0.2) is 0 Å². The normalized spacial score (nSPS) is 48.7. The SMILES string of the molecule is NC(=NCC1(O)C2C3CC4C5C3CC2C5C41)Nc1ccc2c(c1)OCCCO2. The van der Waals surface area contributed by atoms with E-state index in [1.165, 1.54) is 12.8 Å². The summed E-state index contributed by atoms with van der Waals surface area (Å²) in [5.74, 6) is 7.73. The second-order valence-electron chi connectivity index (χ2n) is 9.86. The number of benzene rings is 1. The highest BCUT2D eigenvalue weighted by Crippen LogP contribution is 2.85. The lowest BCUT2D eigenvalue weighted by Crippen LogP contribution is -2.56. The van der Waals surface area contributed by atoms with Gasteiger partial charge in [0.2, 0.25) is 0 Å². The lowest BCUT2D eigenvalue weighted by atomic mass is 9.56. The molecule has 0 aromatic heterocycles. The molecule has 1 aromatic carbocycles. The molecular formula is C22H27N3O3. The first kappa shape index (κ1) is 15.9. The van der Waals surface area contributed by atoms with Crippen LogP contribution in [0.2, 0.25) is 0 Å². The van der Waals surface area contributed by atoms with Crippen LogP contribution in [0.25, 0.3) is 0 Å². The van der Waals surface area contributed by atoms with Crippen molar-refractivity contribution in [3.8, 4) is 11.5 Å². The standard InChI is InChI=1S/C22H27N3O3/c23-21(25-10-2-3-15-16(6-10)28-5-1-4-27-15)24-9-22(26)19-12-8-13-17-11(12)7-14(19)18(17)20(13)22/h2-3,6,11-14,17-20,26H,1,4-5,7-9H2,(H3,23,24,25). The molecule has 0 saturated heterocycles. The zero-order valence-corrected chi connectivity index (χ0v) is 15.9. The van der Waals surface area contributed by atoms with Gasteiger partial charge in [0.15, 0.2) is 17.5 Å². The van der Waals surface area contributed by atoms with Crippen molar-refractivity contribution in [1.82, 2.24) is 0 Å². The average molecular weight is 381 g/mol. The van der Waals surface area contributed by atoms with Crippen LogP contribution < -0.4 is 20.5 Å². The molecule has 4 N–H and O–H groups in total. The molecule has 1 aliphatic heterocycles. The first-order valence-electron chi connectivity index (χ1n) is 10.8. The summed E-state index contributed by atoms with van der Waals surface area (Å²) < 4.78 is 11.4. The van der Waals surface area contributed by atoms with Crippen molar-refractivity contribution in [1.29, 1.82) is 0 Å². The Morgan fingerprint density at radius 3 is 2.75 bits per heavy atom. The molecule has 0 spiro atoms. The van der Waals surface area contributed by atoms with Crippen molar-refractivity contribution in [2.24, 2.45) is 58.1 Å². The fourth-order valence-corrected chi connectivity index (χ4v) is 8.58. The first-order chi connectivity index (χ1) is 13.6. The molecule has 5 saturated carbocycles. The van der Waals surface area contributed by atoms with Crippen LogP contribution in [0, 0.1) is 47.3 Å². The molecule has 9 atom stereocenters. The fraction of sp³-hybridized carbons (Fsp3) is 0.682. The van der Waals surface area contributed by atoms with Crippen molar-refractivity contribution in [3.63, 3.8) is 0 Å². The Bertz CT molecular complexity index is 882. The van der Waals surface area contributed by atoms with Crippen molar-refractivity contribution >= 4 is 11.6 Å². The molecule has 0 amide bonds. The van der Waals surface area contributed by atoms with Gasteiger partial charge in [-0.2, -0.15) is 0 Å². The van der Waals surface area contributed by atoms with E-state index >= 15 is 0 Å². The number of nitrogens with two attached hydrogens (primary N) is 1. The summed E-state index contributed by atoms with van der Waals surface area (Å²) in [6, 6.07) is 5.73. The third-order valence-corrected chi connectivity index (χ3v) is 9.04. The van der Waals surface area contributed by atoms with Crippen LogP contribution in [0.5, 0.6) is 11.5 Å². The van der Waals surface area contributed by atoms with Crippen molar-refractivity contribution in [3.05, 3.63) is 18.2 Å². The second-order valence-corrected chi connectivity index (χ2v) is 9.86. The highest BCUT2D eigenvalue weighted by Gasteiger charge is 2.84. The number of fused-ring (bicyclic) bond motifs is 3. The van der Waals surface area contributed by atoms with Gasteiger partial charge in [0, 0.05) is 18.2 Å². The summed E-state index contributed by atoms with van der Waals surface area (Å²) in [5, 5.41) is 14.8. The van der Waals surface area contributed by atoms with E-state index in [2.05, 4.69) is 10.3 Å². The van der Waals surface area contributed by atoms with Crippen molar-refractivity contribution < 1.29 is 14.6 Å². The molecule has 28 heavy (non-hydrogen) atoms. The van der Waals surface area contributed by atoms with Crippen LogP contribution in [0.15, 0.2) is 23.2 Å². The molecule has 148 valence electrons. The van der Waals surface area contributed by atoms with E-state index in [-0.39, 0.29) is 0 Å². The minimum atomic E-state index is -0.623. The van der Waals surface area contributed by atoms with E-state index < -0.39 is 5.60 Å². The largest absolute Gasteiger partial charge is 0.490 e. The molecule has 1 aromatic rings. The zero-order valence-electron chi connectivity index (χ0n) is 15.9. The third kappa shape index (κ3) is 1.77. The summed E-state index contributed by atoms with van der Waals surface area (Å²) in [5.41, 5.74) is 6.40. The maximum Gasteiger partial charge on any atom is 0.193 e. The minimum absolute atomic E-state index is 0.362. The Kier molecular flexibility index (Phi) is 2.93. The topological polar surface area (TPSA) is 89.1 Å². The number of rotatable bonds is 3. The summed E-state index contributed by atoms with van der Waals surface area (Å²) >= 11 is 0. The van der Waals surface area contributed by atoms with Gasteiger partial charge in [-0.05, 0) is 72.3 Å². The van der Waals surface area contributed by atoms with Gasteiger partial charge < -0.3 is 25.6 Å². The van der Waals surface area contributed by atoms with E-state index in [0.717, 1.165) is 59.1 Å². The Morgan fingerprint density at radius 1 is 1.07 bits per heavy atom. The molecule has 5 aliphatic carbocycles. The number of nitrogens with one attached hydrogen (secondary N) is 1. The highest BCUT2D eigenvalue weighted by molar-refractivity contribution is 5.92. The molecule has 5 fully saturated rings. The van der Waals surface area contributed by atoms with Gasteiger partial charge in [0.1, 0.15) is 0 Å². The molecular weight excluding hydrogens is 354 g/mol. The van der Waals surface area contributed by atoms with Crippen LogP contribution in [-0.2, 0) is 0 Å². The average Bonchev–Trinajstić information content (AvgIpc) is 3.10. The predicted molar refractivity (Wildman–Crippen MR) is 104 cm³/mol. The van der Waals surface area contributed by atoms with Gasteiger partial charge >= 0.3 is 0 Å². The van der Waals surface area contributed by atoms with Gasteiger partial charge in [-0.15, -0.1) is 0 Å². The zero-order chi connectivity index (χ0) is 18.6. The lowest BCUT2D eigenvalue weighted by molar-refractivity contribution is -0.123.